The lowest BCUT2D eigenvalue weighted by atomic mass is 10.3. The normalized spacial score (nSPS) is 16.9. The fraction of sp³-hybridized carbons (Fsp3) is 0.455. The standard InChI is InChI=1S/C9H10N4O.C2H6/c1-7-2-3-8-9-10-5-14-6-12(9)4-11-13(7)8;1-2/h2-4H,5-6H2,1H3;1-2H3. The summed E-state index contributed by atoms with van der Waals surface area (Å²) in [5.41, 5.74) is 2.15. The van der Waals surface area contributed by atoms with E-state index in [1.807, 2.05) is 42.5 Å². The molecule has 5 nitrogen and oxygen atoms in total. The van der Waals surface area contributed by atoms with E-state index in [0.29, 0.717) is 13.5 Å². The van der Waals surface area contributed by atoms with Gasteiger partial charge in [-0.25, -0.2) is 9.67 Å². The lowest BCUT2D eigenvalue weighted by molar-refractivity contribution is 0.0837. The molecule has 0 spiro atoms. The van der Waals surface area contributed by atoms with Crippen molar-refractivity contribution in [2.75, 3.05) is 13.5 Å². The SMILES string of the molecule is CC.Cc1ccc2n1N=CN1COCN=C21. The molecule has 2 aliphatic heterocycles. The first kappa shape index (κ1) is 10.9. The fourth-order valence-corrected chi connectivity index (χ4v) is 1.68. The van der Waals surface area contributed by atoms with E-state index in [1.165, 1.54) is 0 Å². The molecule has 86 valence electrons. The van der Waals surface area contributed by atoms with E-state index in [4.69, 9.17) is 4.74 Å². The molecule has 5 heteroatoms. The second kappa shape index (κ2) is 4.49. The molecular weight excluding hydrogens is 204 g/mol. The maximum Gasteiger partial charge on any atom is 0.159 e. The minimum atomic E-state index is 0.434. The molecule has 0 N–H and O–H groups in total. The molecule has 3 heterocycles. The minimum absolute atomic E-state index is 0.434. The van der Waals surface area contributed by atoms with Crippen LogP contribution in [0, 0.1) is 6.92 Å². The third-order valence-corrected chi connectivity index (χ3v) is 2.39. The summed E-state index contributed by atoms with van der Waals surface area (Å²) in [6.45, 7) is 6.99. The Kier molecular flexibility index (Phi) is 3.05. The molecule has 1 aromatic rings. The van der Waals surface area contributed by atoms with Crippen LogP contribution in [0.2, 0.25) is 0 Å². The van der Waals surface area contributed by atoms with Crippen LogP contribution in [-0.2, 0) is 4.74 Å². The Labute approximate surface area is 95.0 Å². The van der Waals surface area contributed by atoms with E-state index in [0.717, 1.165) is 17.2 Å². The molecule has 0 aromatic carbocycles. The molecule has 0 bridgehead atoms. The number of nitrogens with zero attached hydrogens (tertiary/aromatic N) is 4. The second-order valence-corrected chi connectivity index (χ2v) is 3.32. The molecule has 0 aliphatic carbocycles. The molecule has 0 unspecified atom stereocenters. The van der Waals surface area contributed by atoms with E-state index in [2.05, 4.69) is 10.1 Å². The molecule has 1 aromatic heterocycles. The predicted octanol–water partition coefficient (Wildman–Crippen LogP) is 1.62. The topological polar surface area (TPSA) is 42.1 Å². The predicted molar refractivity (Wildman–Crippen MR) is 63.6 cm³/mol. The highest BCUT2D eigenvalue weighted by molar-refractivity contribution is 6.05. The Hall–Kier alpha value is -1.62. The van der Waals surface area contributed by atoms with Gasteiger partial charge in [-0.05, 0) is 19.1 Å². The summed E-state index contributed by atoms with van der Waals surface area (Å²) in [7, 11) is 0. The van der Waals surface area contributed by atoms with Gasteiger partial charge in [0.15, 0.2) is 5.84 Å². The first-order valence-electron chi connectivity index (χ1n) is 5.48. The summed E-state index contributed by atoms with van der Waals surface area (Å²) in [6, 6.07) is 4.07. The highest BCUT2D eigenvalue weighted by Crippen LogP contribution is 2.16. The zero-order valence-corrected chi connectivity index (χ0v) is 9.84. The van der Waals surface area contributed by atoms with E-state index >= 15 is 0 Å². The van der Waals surface area contributed by atoms with E-state index in [9.17, 15) is 0 Å². The lowest BCUT2D eigenvalue weighted by Gasteiger charge is -2.28. The van der Waals surface area contributed by atoms with E-state index in [1.54, 1.807) is 6.34 Å². The number of aryl methyl sites for hydroxylation is 1. The van der Waals surface area contributed by atoms with E-state index < -0.39 is 0 Å². The quantitative estimate of drug-likeness (QED) is 0.666. The largest absolute Gasteiger partial charge is 0.338 e. The Morgan fingerprint density at radius 3 is 2.94 bits per heavy atom. The molecule has 0 radical (unpaired) electrons. The van der Waals surface area contributed by atoms with Crippen LogP contribution in [0.1, 0.15) is 25.2 Å². The van der Waals surface area contributed by atoms with Crippen molar-refractivity contribution in [1.29, 1.82) is 0 Å². The third-order valence-electron chi connectivity index (χ3n) is 2.39. The molecular formula is C11H16N4O. The van der Waals surface area contributed by atoms with Crippen molar-refractivity contribution in [2.45, 2.75) is 20.8 Å². The Morgan fingerprint density at radius 1 is 1.31 bits per heavy atom. The summed E-state index contributed by atoms with van der Waals surface area (Å²) in [5, 5.41) is 4.29. The molecule has 0 atom stereocenters. The number of amidine groups is 1. The highest BCUT2D eigenvalue weighted by Gasteiger charge is 2.23. The first-order valence-corrected chi connectivity index (χ1v) is 5.48. The first-order chi connectivity index (χ1) is 7.86. The molecule has 0 saturated heterocycles. The summed E-state index contributed by atoms with van der Waals surface area (Å²) in [5.74, 6) is 0.944. The van der Waals surface area contributed by atoms with Crippen molar-refractivity contribution in [3.63, 3.8) is 0 Å². The van der Waals surface area contributed by atoms with Crippen molar-refractivity contribution >= 4 is 12.2 Å². The molecule has 0 fully saturated rings. The van der Waals surface area contributed by atoms with Crippen LogP contribution in [0.3, 0.4) is 0 Å². The number of hydrogen-bond acceptors (Lipinski definition) is 4. The average molecular weight is 220 g/mol. The van der Waals surface area contributed by atoms with Crippen LogP contribution in [-0.4, -0.2) is 35.2 Å². The van der Waals surface area contributed by atoms with Gasteiger partial charge in [0, 0.05) is 5.69 Å². The van der Waals surface area contributed by atoms with Gasteiger partial charge in [0.05, 0.1) is 0 Å². The molecule has 2 aliphatic rings. The lowest BCUT2D eigenvalue weighted by Crippen LogP contribution is -2.40. The fourth-order valence-electron chi connectivity index (χ4n) is 1.68. The molecule has 0 amide bonds. The van der Waals surface area contributed by atoms with Gasteiger partial charge in [-0.2, -0.15) is 5.10 Å². The van der Waals surface area contributed by atoms with Crippen LogP contribution in [0.25, 0.3) is 0 Å². The Balaban J connectivity index is 0.000000457. The van der Waals surface area contributed by atoms with Gasteiger partial charge in [0.25, 0.3) is 0 Å². The van der Waals surface area contributed by atoms with Gasteiger partial charge < -0.3 is 4.74 Å². The molecule has 0 saturated carbocycles. The maximum atomic E-state index is 5.20. The van der Waals surface area contributed by atoms with Crippen molar-refractivity contribution in [3.8, 4) is 0 Å². The summed E-state index contributed by atoms with van der Waals surface area (Å²) >= 11 is 0. The van der Waals surface area contributed by atoms with Gasteiger partial charge in [-0.15, -0.1) is 0 Å². The summed E-state index contributed by atoms with van der Waals surface area (Å²) < 4.78 is 7.09. The number of aliphatic imine (C=N–C) groups is 1. The second-order valence-electron chi connectivity index (χ2n) is 3.32. The van der Waals surface area contributed by atoms with E-state index in [-0.39, 0.29) is 0 Å². The van der Waals surface area contributed by atoms with Gasteiger partial charge in [-0.1, -0.05) is 13.8 Å². The molecule has 3 rings (SSSR count). The van der Waals surface area contributed by atoms with Crippen molar-refractivity contribution in [2.24, 2.45) is 10.1 Å². The van der Waals surface area contributed by atoms with Gasteiger partial charge >= 0.3 is 0 Å². The number of rotatable bonds is 0. The smallest absolute Gasteiger partial charge is 0.159 e. The Bertz CT molecular complexity index is 433. The zero-order valence-electron chi connectivity index (χ0n) is 9.84. The number of hydrogen-bond donors (Lipinski definition) is 0. The average Bonchev–Trinajstić information content (AvgIpc) is 2.74. The van der Waals surface area contributed by atoms with Gasteiger partial charge in [-0.3, -0.25) is 4.90 Å². The van der Waals surface area contributed by atoms with Gasteiger partial charge in [0.2, 0.25) is 0 Å². The van der Waals surface area contributed by atoms with Crippen molar-refractivity contribution in [1.82, 2.24) is 9.58 Å². The maximum absolute atomic E-state index is 5.20. The Morgan fingerprint density at radius 2 is 2.12 bits per heavy atom. The number of fused-ring (bicyclic) bond motifs is 3. The van der Waals surface area contributed by atoms with Crippen LogP contribution in [0.4, 0.5) is 0 Å². The molecule has 16 heavy (non-hydrogen) atoms. The van der Waals surface area contributed by atoms with Crippen molar-refractivity contribution in [3.05, 3.63) is 23.5 Å². The van der Waals surface area contributed by atoms with Crippen LogP contribution in [0.5, 0.6) is 0 Å². The van der Waals surface area contributed by atoms with Crippen molar-refractivity contribution < 1.29 is 4.74 Å². The van der Waals surface area contributed by atoms with Gasteiger partial charge in [0.1, 0.15) is 25.5 Å². The monoisotopic (exact) mass is 220 g/mol. The van der Waals surface area contributed by atoms with Crippen LogP contribution < -0.4 is 0 Å². The minimum Gasteiger partial charge on any atom is -0.338 e. The zero-order chi connectivity index (χ0) is 11.5. The van der Waals surface area contributed by atoms with Crippen LogP contribution >= 0.6 is 0 Å². The summed E-state index contributed by atoms with van der Waals surface area (Å²) in [6.07, 6.45) is 1.75. The van der Waals surface area contributed by atoms with Crippen LogP contribution in [0.15, 0.2) is 22.2 Å². The number of aromatic nitrogens is 1. The third kappa shape index (κ3) is 1.63. The highest BCUT2D eigenvalue weighted by atomic mass is 16.5. The number of ether oxygens (including phenoxy) is 1. The summed E-state index contributed by atoms with van der Waals surface area (Å²) in [4.78, 5) is 6.22.